The lowest BCUT2D eigenvalue weighted by atomic mass is 9.76. The lowest BCUT2D eigenvalue weighted by Crippen LogP contribution is -2.63. The Hall–Kier alpha value is -0.610. The fraction of sp³-hybridized carbons (Fsp3) is 0.909. The topological polar surface area (TPSA) is 55.6 Å². The molecule has 86 valence electrons. The van der Waals surface area contributed by atoms with Crippen LogP contribution in [0.3, 0.4) is 0 Å². The number of morpholine rings is 1. The van der Waals surface area contributed by atoms with Gasteiger partial charge >= 0.3 is 0 Å². The smallest absolute Gasteiger partial charge is 0.242 e. The molecule has 0 spiro atoms. The second-order valence-electron chi connectivity index (χ2n) is 5.34. The van der Waals surface area contributed by atoms with Crippen molar-refractivity contribution in [2.45, 2.75) is 44.2 Å². The SMILES string of the molecule is CC1(C)CN(C(=O)C2(N)CCC2)CCO1. The van der Waals surface area contributed by atoms with Gasteiger partial charge in [-0.05, 0) is 33.1 Å². The first-order valence-corrected chi connectivity index (χ1v) is 5.65. The standard InChI is InChI=1S/C11H20N2O2/c1-10(2)8-13(6-7-15-10)9(14)11(12)4-3-5-11/h3-8,12H2,1-2H3. The minimum absolute atomic E-state index is 0.116. The molecule has 0 unspecified atom stereocenters. The van der Waals surface area contributed by atoms with E-state index in [4.69, 9.17) is 10.5 Å². The van der Waals surface area contributed by atoms with E-state index in [0.717, 1.165) is 19.3 Å². The van der Waals surface area contributed by atoms with Crippen LogP contribution in [0, 0.1) is 0 Å². The molecule has 15 heavy (non-hydrogen) atoms. The number of amides is 1. The molecule has 0 aromatic rings. The highest BCUT2D eigenvalue weighted by molar-refractivity contribution is 5.87. The van der Waals surface area contributed by atoms with E-state index in [1.54, 1.807) is 0 Å². The zero-order valence-electron chi connectivity index (χ0n) is 9.58. The number of carbonyl (C=O) groups excluding carboxylic acids is 1. The molecule has 0 radical (unpaired) electrons. The molecule has 4 heteroatoms. The van der Waals surface area contributed by atoms with E-state index in [9.17, 15) is 4.79 Å². The molecule has 1 heterocycles. The highest BCUT2D eigenvalue weighted by Crippen LogP contribution is 2.32. The molecule has 1 aliphatic heterocycles. The molecular formula is C11H20N2O2. The summed E-state index contributed by atoms with van der Waals surface area (Å²) in [7, 11) is 0. The fourth-order valence-corrected chi connectivity index (χ4v) is 2.28. The number of hydrogen-bond acceptors (Lipinski definition) is 3. The minimum Gasteiger partial charge on any atom is -0.372 e. The summed E-state index contributed by atoms with van der Waals surface area (Å²) in [5.41, 5.74) is 5.24. The maximum Gasteiger partial charge on any atom is 0.242 e. The van der Waals surface area contributed by atoms with Gasteiger partial charge in [-0.1, -0.05) is 0 Å². The maximum absolute atomic E-state index is 12.1. The van der Waals surface area contributed by atoms with Crippen LogP contribution in [0.1, 0.15) is 33.1 Å². The highest BCUT2D eigenvalue weighted by atomic mass is 16.5. The van der Waals surface area contributed by atoms with Gasteiger partial charge in [-0.3, -0.25) is 4.79 Å². The number of nitrogens with two attached hydrogens (primary N) is 1. The quantitative estimate of drug-likeness (QED) is 0.689. The predicted octanol–water partition coefficient (Wildman–Crippen LogP) is 0.505. The van der Waals surface area contributed by atoms with Crippen LogP contribution in [0.15, 0.2) is 0 Å². The van der Waals surface area contributed by atoms with Crippen LogP contribution in [0.4, 0.5) is 0 Å². The summed E-state index contributed by atoms with van der Waals surface area (Å²) < 4.78 is 5.58. The summed E-state index contributed by atoms with van der Waals surface area (Å²) in [5, 5.41) is 0. The van der Waals surface area contributed by atoms with Gasteiger partial charge in [0.05, 0.1) is 17.7 Å². The third kappa shape index (κ3) is 2.01. The molecule has 1 saturated heterocycles. The molecule has 0 atom stereocenters. The van der Waals surface area contributed by atoms with Crippen molar-refractivity contribution in [1.82, 2.24) is 4.90 Å². The van der Waals surface area contributed by atoms with Crippen molar-refractivity contribution in [3.05, 3.63) is 0 Å². The van der Waals surface area contributed by atoms with Gasteiger partial charge in [-0.25, -0.2) is 0 Å². The van der Waals surface area contributed by atoms with Crippen molar-refractivity contribution >= 4 is 5.91 Å². The average Bonchev–Trinajstić information content (AvgIpc) is 2.11. The van der Waals surface area contributed by atoms with E-state index < -0.39 is 5.54 Å². The first-order valence-electron chi connectivity index (χ1n) is 5.65. The van der Waals surface area contributed by atoms with E-state index in [2.05, 4.69) is 0 Å². The Balaban J connectivity index is 2.01. The Labute approximate surface area is 90.8 Å². The Kier molecular flexibility index (Phi) is 2.51. The van der Waals surface area contributed by atoms with Crippen LogP contribution in [-0.4, -0.2) is 41.6 Å². The van der Waals surface area contributed by atoms with Gasteiger partial charge in [-0.15, -0.1) is 0 Å². The van der Waals surface area contributed by atoms with E-state index in [1.807, 2.05) is 18.7 Å². The van der Waals surface area contributed by atoms with Crippen LogP contribution >= 0.6 is 0 Å². The van der Waals surface area contributed by atoms with Crippen molar-refractivity contribution < 1.29 is 9.53 Å². The first kappa shape index (κ1) is 10.9. The number of nitrogens with zero attached hydrogens (tertiary/aromatic N) is 1. The van der Waals surface area contributed by atoms with Gasteiger partial charge in [0.1, 0.15) is 0 Å². The second-order valence-corrected chi connectivity index (χ2v) is 5.34. The second kappa shape index (κ2) is 3.46. The Morgan fingerprint density at radius 2 is 2.07 bits per heavy atom. The van der Waals surface area contributed by atoms with Crippen molar-refractivity contribution in [2.75, 3.05) is 19.7 Å². The van der Waals surface area contributed by atoms with Gasteiger partial charge < -0.3 is 15.4 Å². The summed E-state index contributed by atoms with van der Waals surface area (Å²) in [6, 6.07) is 0. The van der Waals surface area contributed by atoms with Crippen LogP contribution in [0.2, 0.25) is 0 Å². The van der Waals surface area contributed by atoms with E-state index in [0.29, 0.717) is 19.7 Å². The molecule has 1 saturated carbocycles. The molecule has 4 nitrogen and oxygen atoms in total. The van der Waals surface area contributed by atoms with E-state index in [1.165, 1.54) is 0 Å². The minimum atomic E-state index is -0.562. The summed E-state index contributed by atoms with van der Waals surface area (Å²) in [4.78, 5) is 14.0. The van der Waals surface area contributed by atoms with Crippen LogP contribution in [0.5, 0.6) is 0 Å². The molecule has 1 aliphatic carbocycles. The van der Waals surface area contributed by atoms with Gasteiger partial charge in [-0.2, -0.15) is 0 Å². The number of ether oxygens (including phenoxy) is 1. The lowest BCUT2D eigenvalue weighted by Gasteiger charge is -2.45. The number of carbonyl (C=O) groups is 1. The van der Waals surface area contributed by atoms with Crippen molar-refractivity contribution in [3.63, 3.8) is 0 Å². The Bertz CT molecular complexity index is 272. The maximum atomic E-state index is 12.1. The monoisotopic (exact) mass is 212 g/mol. The summed E-state index contributed by atoms with van der Waals surface area (Å²) >= 11 is 0. The van der Waals surface area contributed by atoms with E-state index in [-0.39, 0.29) is 11.5 Å². The number of hydrogen-bond donors (Lipinski definition) is 1. The molecule has 2 fully saturated rings. The van der Waals surface area contributed by atoms with Gasteiger partial charge in [0.2, 0.25) is 5.91 Å². The van der Waals surface area contributed by atoms with Crippen LogP contribution in [0.25, 0.3) is 0 Å². The molecule has 2 aliphatic rings. The highest BCUT2D eigenvalue weighted by Gasteiger charge is 2.44. The van der Waals surface area contributed by atoms with Gasteiger partial charge in [0.25, 0.3) is 0 Å². The number of rotatable bonds is 1. The Morgan fingerprint density at radius 1 is 1.40 bits per heavy atom. The van der Waals surface area contributed by atoms with Crippen molar-refractivity contribution in [2.24, 2.45) is 5.73 Å². The van der Waals surface area contributed by atoms with Crippen LogP contribution < -0.4 is 5.73 Å². The largest absolute Gasteiger partial charge is 0.372 e. The summed E-state index contributed by atoms with van der Waals surface area (Å²) in [6.07, 6.45) is 2.75. The zero-order chi connectivity index (χ0) is 11.1. The van der Waals surface area contributed by atoms with Crippen molar-refractivity contribution in [3.8, 4) is 0 Å². The van der Waals surface area contributed by atoms with Crippen LogP contribution in [-0.2, 0) is 9.53 Å². The molecular weight excluding hydrogens is 192 g/mol. The third-order valence-electron chi connectivity index (χ3n) is 3.38. The van der Waals surface area contributed by atoms with Crippen molar-refractivity contribution in [1.29, 1.82) is 0 Å². The van der Waals surface area contributed by atoms with Gasteiger partial charge in [0.15, 0.2) is 0 Å². The fourth-order valence-electron chi connectivity index (χ4n) is 2.28. The summed E-state index contributed by atoms with van der Waals surface area (Å²) in [5.74, 6) is 0.116. The normalized spacial score (nSPS) is 28.3. The molecule has 2 N–H and O–H groups in total. The lowest BCUT2D eigenvalue weighted by molar-refractivity contribution is -0.154. The molecule has 1 amide bonds. The van der Waals surface area contributed by atoms with Gasteiger partial charge in [0, 0.05) is 13.1 Å². The zero-order valence-corrected chi connectivity index (χ0v) is 9.58. The summed E-state index contributed by atoms with van der Waals surface area (Å²) in [6.45, 7) is 5.98. The first-order chi connectivity index (χ1) is 6.93. The average molecular weight is 212 g/mol. The Morgan fingerprint density at radius 3 is 2.53 bits per heavy atom. The molecule has 0 bridgehead atoms. The molecule has 2 rings (SSSR count). The predicted molar refractivity (Wildman–Crippen MR) is 57.4 cm³/mol. The molecule has 0 aromatic heterocycles. The third-order valence-corrected chi connectivity index (χ3v) is 3.38. The molecule has 0 aromatic carbocycles. The van der Waals surface area contributed by atoms with E-state index >= 15 is 0 Å².